The molecule has 1 unspecified atom stereocenters. The summed E-state index contributed by atoms with van der Waals surface area (Å²) in [5, 5.41) is 16.9. The summed E-state index contributed by atoms with van der Waals surface area (Å²) in [7, 11) is 0. The summed E-state index contributed by atoms with van der Waals surface area (Å²) in [5.74, 6) is -0.0232. The molecule has 5 heteroatoms. The second kappa shape index (κ2) is 6.13. The minimum Gasteiger partial charge on any atom is -0.396 e. The van der Waals surface area contributed by atoms with Gasteiger partial charge in [-0.2, -0.15) is 0 Å². The molecule has 0 aliphatic heterocycles. The molecule has 1 aromatic rings. The van der Waals surface area contributed by atoms with E-state index in [-0.39, 0.29) is 12.4 Å². The molecule has 0 heterocycles. The predicted octanol–water partition coefficient (Wildman–Crippen LogP) is 2.49. The van der Waals surface area contributed by atoms with Crippen molar-refractivity contribution in [3.8, 4) is 0 Å². The van der Waals surface area contributed by atoms with Crippen molar-refractivity contribution in [3.63, 3.8) is 0 Å². The number of hydrogen-bond donors (Lipinski definition) is 3. The van der Waals surface area contributed by atoms with Crippen LogP contribution in [0.3, 0.4) is 0 Å². The highest BCUT2D eigenvalue weighted by atomic mass is 35.5. The lowest BCUT2D eigenvalue weighted by atomic mass is 10.2. The van der Waals surface area contributed by atoms with Gasteiger partial charge in [-0.15, -0.1) is 11.8 Å². The summed E-state index contributed by atoms with van der Waals surface area (Å²) >= 11 is 7.65. The van der Waals surface area contributed by atoms with Gasteiger partial charge in [-0.1, -0.05) is 18.5 Å². The van der Waals surface area contributed by atoms with Crippen LogP contribution < -0.4 is 5.73 Å². The van der Waals surface area contributed by atoms with E-state index in [0.717, 1.165) is 11.3 Å². The molecule has 0 saturated heterocycles. The number of amidine groups is 1. The molecular weight excluding hydrogens is 244 g/mol. The maximum absolute atomic E-state index is 8.80. The van der Waals surface area contributed by atoms with Crippen molar-refractivity contribution in [2.75, 3.05) is 6.61 Å². The van der Waals surface area contributed by atoms with Gasteiger partial charge in [0.15, 0.2) is 0 Å². The first-order chi connectivity index (χ1) is 7.54. The van der Waals surface area contributed by atoms with Gasteiger partial charge in [-0.25, -0.2) is 0 Å². The molecule has 0 saturated carbocycles. The van der Waals surface area contributed by atoms with Crippen LogP contribution in [0.1, 0.15) is 18.9 Å². The SMILES string of the molecule is CC(CCO)Sc1ccc(C(=N)N)c(Cl)c1. The third-order valence-electron chi connectivity index (χ3n) is 2.10. The maximum atomic E-state index is 8.80. The summed E-state index contributed by atoms with van der Waals surface area (Å²) in [4.78, 5) is 1.02. The highest BCUT2D eigenvalue weighted by Crippen LogP contribution is 2.28. The highest BCUT2D eigenvalue weighted by molar-refractivity contribution is 7.99. The van der Waals surface area contributed by atoms with E-state index in [1.807, 2.05) is 13.0 Å². The molecule has 0 aliphatic carbocycles. The zero-order chi connectivity index (χ0) is 12.1. The van der Waals surface area contributed by atoms with Gasteiger partial charge in [-0.05, 0) is 24.6 Å². The van der Waals surface area contributed by atoms with Crippen LogP contribution in [0, 0.1) is 5.41 Å². The summed E-state index contributed by atoms with van der Waals surface area (Å²) in [6, 6.07) is 5.44. The van der Waals surface area contributed by atoms with Gasteiger partial charge < -0.3 is 10.8 Å². The van der Waals surface area contributed by atoms with Gasteiger partial charge in [0.1, 0.15) is 5.84 Å². The molecule has 0 bridgehead atoms. The Kier molecular flexibility index (Phi) is 5.12. The van der Waals surface area contributed by atoms with Crippen molar-refractivity contribution in [1.82, 2.24) is 0 Å². The summed E-state index contributed by atoms with van der Waals surface area (Å²) in [5.41, 5.74) is 5.93. The van der Waals surface area contributed by atoms with E-state index in [0.29, 0.717) is 15.8 Å². The van der Waals surface area contributed by atoms with Crippen LogP contribution in [0.25, 0.3) is 0 Å². The average Bonchev–Trinajstić information content (AvgIpc) is 2.17. The molecule has 88 valence electrons. The molecule has 0 fully saturated rings. The first-order valence-corrected chi connectivity index (χ1v) is 6.21. The molecular formula is C11H15ClN2OS. The number of benzene rings is 1. The summed E-state index contributed by atoms with van der Waals surface area (Å²) in [6.07, 6.45) is 0.747. The Morgan fingerprint density at radius 1 is 1.62 bits per heavy atom. The minimum absolute atomic E-state index is 0.0232. The molecule has 4 N–H and O–H groups in total. The third kappa shape index (κ3) is 3.70. The largest absolute Gasteiger partial charge is 0.396 e. The highest BCUT2D eigenvalue weighted by Gasteiger charge is 2.07. The van der Waals surface area contributed by atoms with Gasteiger partial charge in [0.25, 0.3) is 0 Å². The number of nitrogens with one attached hydrogen (secondary N) is 1. The minimum atomic E-state index is -0.0232. The smallest absolute Gasteiger partial charge is 0.124 e. The first-order valence-electron chi connectivity index (χ1n) is 4.96. The second-order valence-electron chi connectivity index (χ2n) is 3.50. The maximum Gasteiger partial charge on any atom is 0.124 e. The number of hydrogen-bond acceptors (Lipinski definition) is 3. The van der Waals surface area contributed by atoms with Crippen LogP contribution in [-0.2, 0) is 0 Å². The van der Waals surface area contributed by atoms with E-state index in [1.165, 1.54) is 0 Å². The van der Waals surface area contributed by atoms with Crippen LogP contribution in [0.4, 0.5) is 0 Å². The van der Waals surface area contributed by atoms with E-state index < -0.39 is 0 Å². The number of nitrogen functional groups attached to an aromatic ring is 1. The second-order valence-corrected chi connectivity index (χ2v) is 5.42. The van der Waals surface area contributed by atoms with Crippen LogP contribution in [0.5, 0.6) is 0 Å². The third-order valence-corrected chi connectivity index (χ3v) is 3.58. The topological polar surface area (TPSA) is 70.1 Å². The standard InChI is InChI=1S/C11H15ClN2OS/c1-7(4-5-15)16-8-2-3-9(11(13)14)10(12)6-8/h2-3,6-7,15H,4-5H2,1H3,(H3,13,14). The fourth-order valence-corrected chi connectivity index (χ4v) is 2.63. The van der Waals surface area contributed by atoms with Crippen LogP contribution in [0.15, 0.2) is 23.1 Å². The number of thioether (sulfide) groups is 1. The predicted molar refractivity (Wildman–Crippen MR) is 69.5 cm³/mol. The number of aliphatic hydroxyl groups is 1. The van der Waals surface area contributed by atoms with Gasteiger partial charge in [0, 0.05) is 22.3 Å². The van der Waals surface area contributed by atoms with Crippen molar-refractivity contribution in [2.24, 2.45) is 5.73 Å². The first kappa shape index (κ1) is 13.4. The normalized spacial score (nSPS) is 12.4. The molecule has 16 heavy (non-hydrogen) atoms. The van der Waals surface area contributed by atoms with Crippen molar-refractivity contribution >= 4 is 29.2 Å². The van der Waals surface area contributed by atoms with E-state index in [2.05, 4.69) is 0 Å². The lowest BCUT2D eigenvalue weighted by molar-refractivity contribution is 0.289. The zero-order valence-corrected chi connectivity index (χ0v) is 10.6. The lowest BCUT2D eigenvalue weighted by Crippen LogP contribution is -2.11. The molecule has 0 radical (unpaired) electrons. The van der Waals surface area contributed by atoms with Gasteiger partial charge >= 0.3 is 0 Å². The zero-order valence-electron chi connectivity index (χ0n) is 9.03. The average molecular weight is 259 g/mol. The molecule has 1 rings (SSSR count). The van der Waals surface area contributed by atoms with Crippen LogP contribution in [0.2, 0.25) is 5.02 Å². The Morgan fingerprint density at radius 2 is 2.31 bits per heavy atom. The van der Waals surface area contributed by atoms with Gasteiger partial charge in [0.05, 0.1) is 5.02 Å². The van der Waals surface area contributed by atoms with Crippen LogP contribution in [-0.4, -0.2) is 22.8 Å². The Hall–Kier alpha value is -0.710. The van der Waals surface area contributed by atoms with Crippen LogP contribution >= 0.6 is 23.4 Å². The number of rotatable bonds is 5. The van der Waals surface area contributed by atoms with E-state index in [1.54, 1.807) is 23.9 Å². The van der Waals surface area contributed by atoms with E-state index in [9.17, 15) is 0 Å². The molecule has 0 amide bonds. The number of aliphatic hydroxyl groups excluding tert-OH is 1. The molecule has 1 atom stereocenters. The monoisotopic (exact) mass is 258 g/mol. The van der Waals surface area contributed by atoms with Gasteiger partial charge in [-0.3, -0.25) is 5.41 Å². The molecule has 0 spiro atoms. The molecule has 1 aromatic carbocycles. The van der Waals surface area contributed by atoms with Gasteiger partial charge in [0.2, 0.25) is 0 Å². The van der Waals surface area contributed by atoms with E-state index in [4.69, 9.17) is 27.9 Å². The molecule has 3 nitrogen and oxygen atoms in total. The van der Waals surface area contributed by atoms with E-state index >= 15 is 0 Å². The fraction of sp³-hybridized carbons (Fsp3) is 0.364. The lowest BCUT2D eigenvalue weighted by Gasteiger charge is -2.10. The van der Waals surface area contributed by atoms with Crippen molar-refractivity contribution in [1.29, 1.82) is 5.41 Å². The Balaban J connectivity index is 2.77. The number of halogens is 1. The number of nitrogens with two attached hydrogens (primary N) is 1. The molecule has 0 aromatic heterocycles. The van der Waals surface area contributed by atoms with Crippen molar-refractivity contribution in [3.05, 3.63) is 28.8 Å². The van der Waals surface area contributed by atoms with Crippen molar-refractivity contribution < 1.29 is 5.11 Å². The fourth-order valence-electron chi connectivity index (χ4n) is 1.26. The Labute approximate surface area is 105 Å². The summed E-state index contributed by atoms with van der Waals surface area (Å²) in [6.45, 7) is 2.24. The van der Waals surface area contributed by atoms with Crippen molar-refractivity contribution in [2.45, 2.75) is 23.5 Å². The Morgan fingerprint density at radius 3 is 2.81 bits per heavy atom. The summed E-state index contributed by atoms with van der Waals surface area (Å²) < 4.78 is 0. The Bertz CT molecular complexity index is 384. The quantitative estimate of drug-likeness (QED) is 0.432. The molecule has 0 aliphatic rings.